The van der Waals surface area contributed by atoms with Crippen molar-refractivity contribution in [2.24, 2.45) is 0 Å². The molecule has 0 unspecified atom stereocenters. The maximum absolute atomic E-state index is 6.77. The van der Waals surface area contributed by atoms with Crippen LogP contribution in [-0.2, 0) is 0 Å². The monoisotopic (exact) mass is 745 g/mol. The zero-order chi connectivity index (χ0) is 38.0. The molecule has 0 fully saturated rings. The van der Waals surface area contributed by atoms with Gasteiger partial charge >= 0.3 is 0 Å². The quantitative estimate of drug-likeness (QED) is 0.108. The van der Waals surface area contributed by atoms with Gasteiger partial charge in [-0.2, -0.15) is 0 Å². The molecule has 3 heteroatoms. The molecule has 0 atom stereocenters. The van der Waals surface area contributed by atoms with Crippen LogP contribution in [0.4, 0.5) is 17.1 Å². The van der Waals surface area contributed by atoms with Gasteiger partial charge in [0.2, 0.25) is 0 Å². The fourth-order valence-corrected chi connectivity index (χ4v) is 13.4. The first-order valence-corrected chi connectivity index (χ1v) is 21.5. The summed E-state index contributed by atoms with van der Waals surface area (Å²) in [5.74, 6) is 0. The minimum absolute atomic E-state index is 0.905. The van der Waals surface area contributed by atoms with Crippen molar-refractivity contribution in [3.8, 4) is 22.3 Å². The van der Waals surface area contributed by atoms with Gasteiger partial charge in [-0.25, -0.2) is 0 Å². The van der Waals surface area contributed by atoms with E-state index in [1.807, 2.05) is 6.07 Å². The number of rotatable bonds is 9. The second-order valence-electron chi connectivity index (χ2n) is 14.4. The molecule has 10 rings (SSSR count). The highest BCUT2D eigenvalue weighted by molar-refractivity contribution is 7.19. The molecule has 0 N–H and O–H groups in total. The van der Waals surface area contributed by atoms with Gasteiger partial charge in [-0.3, -0.25) is 0 Å². The van der Waals surface area contributed by atoms with Crippen LogP contribution >= 0.6 is 0 Å². The fourth-order valence-electron chi connectivity index (χ4n) is 8.63. The summed E-state index contributed by atoms with van der Waals surface area (Å²) in [4.78, 5) is 2.35. The number of furan rings is 1. The van der Waals surface area contributed by atoms with Crippen molar-refractivity contribution in [1.82, 2.24) is 0 Å². The normalized spacial score (nSPS) is 11.5. The van der Waals surface area contributed by atoms with Gasteiger partial charge < -0.3 is 9.32 Å². The summed E-state index contributed by atoms with van der Waals surface area (Å²) in [5, 5.41) is 7.68. The summed E-state index contributed by atoms with van der Waals surface area (Å²) in [6.45, 7) is 0. The summed E-state index contributed by atoms with van der Waals surface area (Å²) in [6.07, 6.45) is 0. The zero-order valence-corrected chi connectivity index (χ0v) is 32.4. The number of para-hydroxylation sites is 3. The van der Waals surface area contributed by atoms with Crippen molar-refractivity contribution < 1.29 is 4.42 Å². The first kappa shape index (κ1) is 34.3. The van der Waals surface area contributed by atoms with Crippen LogP contribution in [0.3, 0.4) is 0 Å². The van der Waals surface area contributed by atoms with Gasteiger partial charge in [0.1, 0.15) is 11.2 Å². The lowest BCUT2D eigenvalue weighted by atomic mass is 10.00. The van der Waals surface area contributed by atoms with E-state index in [0.717, 1.165) is 61.3 Å². The maximum Gasteiger partial charge on any atom is 0.179 e. The maximum atomic E-state index is 6.77. The third-order valence-electron chi connectivity index (χ3n) is 11.2. The van der Waals surface area contributed by atoms with E-state index in [2.05, 4.69) is 235 Å². The van der Waals surface area contributed by atoms with E-state index in [0.29, 0.717) is 0 Å². The lowest BCUT2D eigenvalue weighted by Gasteiger charge is -2.35. The van der Waals surface area contributed by atoms with Crippen molar-refractivity contribution in [1.29, 1.82) is 0 Å². The topological polar surface area (TPSA) is 16.4 Å². The Kier molecular flexibility index (Phi) is 8.90. The molecule has 0 aliphatic carbocycles. The summed E-state index contributed by atoms with van der Waals surface area (Å²) in [6, 6.07) is 85.5. The molecule has 0 spiro atoms. The van der Waals surface area contributed by atoms with Crippen molar-refractivity contribution in [2.45, 2.75) is 0 Å². The number of fused-ring (bicyclic) bond motifs is 3. The van der Waals surface area contributed by atoms with Crippen LogP contribution < -0.4 is 25.6 Å². The Hall–Kier alpha value is -7.20. The number of hydrogen-bond acceptors (Lipinski definition) is 2. The Morgan fingerprint density at radius 1 is 0.281 bits per heavy atom. The zero-order valence-electron chi connectivity index (χ0n) is 31.4. The molecule has 1 aromatic heterocycles. The van der Waals surface area contributed by atoms with E-state index in [9.17, 15) is 0 Å². The highest BCUT2D eigenvalue weighted by Crippen LogP contribution is 2.41. The van der Waals surface area contributed by atoms with Crippen LogP contribution in [0.15, 0.2) is 241 Å². The Labute approximate surface area is 334 Å². The van der Waals surface area contributed by atoms with Gasteiger partial charge in [-0.15, -0.1) is 0 Å². The van der Waals surface area contributed by atoms with E-state index < -0.39 is 8.07 Å². The third kappa shape index (κ3) is 6.06. The van der Waals surface area contributed by atoms with Gasteiger partial charge in [-0.1, -0.05) is 200 Å². The van der Waals surface area contributed by atoms with Gasteiger partial charge in [0.15, 0.2) is 8.07 Å². The average molecular weight is 746 g/mol. The molecule has 270 valence electrons. The van der Waals surface area contributed by atoms with Crippen LogP contribution in [0.5, 0.6) is 0 Å². The summed E-state index contributed by atoms with van der Waals surface area (Å²) >= 11 is 0. The van der Waals surface area contributed by atoms with E-state index in [1.165, 1.54) is 20.7 Å². The van der Waals surface area contributed by atoms with Gasteiger partial charge in [-0.05, 0) is 68.3 Å². The van der Waals surface area contributed by atoms with Crippen molar-refractivity contribution in [2.75, 3.05) is 4.90 Å². The smallest absolute Gasteiger partial charge is 0.179 e. The van der Waals surface area contributed by atoms with Crippen LogP contribution in [0.1, 0.15) is 0 Å². The largest absolute Gasteiger partial charge is 0.455 e. The first-order chi connectivity index (χ1) is 28.3. The standard InChI is InChI=1S/C54H39NOSi/c1-6-18-40(19-7-1)49-28-16-30-51-52-31-17-29-50(54(52)56-53(49)51)41-32-34-43(35-33-41)55(42-20-8-2-9-21-42)44-36-38-48(39-37-44)57(45-22-10-3-11-23-45,46-24-12-4-13-25-46)47-26-14-5-15-27-47/h1-39H. The van der Waals surface area contributed by atoms with Crippen LogP contribution in [-0.4, -0.2) is 8.07 Å². The molecule has 10 aromatic rings. The first-order valence-electron chi connectivity index (χ1n) is 19.5. The second kappa shape index (κ2) is 14.8. The fraction of sp³-hybridized carbons (Fsp3) is 0. The molecule has 0 amide bonds. The van der Waals surface area contributed by atoms with Crippen LogP contribution in [0, 0.1) is 0 Å². The summed E-state index contributed by atoms with van der Waals surface area (Å²) in [5.41, 5.74) is 9.54. The number of nitrogens with zero attached hydrogens (tertiary/aromatic N) is 1. The number of benzene rings is 9. The number of anilines is 3. The van der Waals surface area contributed by atoms with E-state index in [1.54, 1.807) is 0 Å². The lowest BCUT2D eigenvalue weighted by molar-refractivity contribution is 0.671. The molecule has 0 aliphatic heterocycles. The lowest BCUT2D eigenvalue weighted by Crippen LogP contribution is -2.74. The van der Waals surface area contributed by atoms with Crippen LogP contribution in [0.25, 0.3) is 44.2 Å². The molecule has 0 saturated heterocycles. The highest BCUT2D eigenvalue weighted by Gasteiger charge is 2.41. The van der Waals surface area contributed by atoms with Gasteiger partial charge in [0.05, 0.1) is 0 Å². The SMILES string of the molecule is c1ccc(-c2cccc3c2oc2c(-c4ccc(N(c5ccccc5)c5ccc([Si](c6ccccc6)(c6ccccc6)c6ccccc6)cc5)cc4)cccc23)cc1. The molecule has 57 heavy (non-hydrogen) atoms. The predicted octanol–water partition coefficient (Wildman–Crippen LogP) is 11.8. The molecule has 0 bridgehead atoms. The Balaban J connectivity index is 1.07. The Morgan fingerprint density at radius 3 is 1.09 bits per heavy atom. The Morgan fingerprint density at radius 2 is 0.632 bits per heavy atom. The predicted molar refractivity (Wildman–Crippen MR) is 243 cm³/mol. The third-order valence-corrected chi connectivity index (χ3v) is 16.0. The molecule has 1 heterocycles. The molecular formula is C54H39NOSi. The van der Waals surface area contributed by atoms with Crippen molar-refractivity contribution >= 4 is 67.8 Å². The minimum atomic E-state index is -2.65. The number of hydrogen-bond donors (Lipinski definition) is 0. The molecule has 9 aromatic carbocycles. The molecule has 0 aliphatic rings. The Bertz CT molecular complexity index is 2810. The van der Waals surface area contributed by atoms with Crippen molar-refractivity contribution in [3.05, 3.63) is 237 Å². The second-order valence-corrected chi connectivity index (χ2v) is 18.3. The van der Waals surface area contributed by atoms with Crippen molar-refractivity contribution in [3.63, 3.8) is 0 Å². The highest BCUT2D eigenvalue weighted by atomic mass is 28.3. The van der Waals surface area contributed by atoms with Gasteiger partial charge in [0, 0.05) is 39.0 Å². The summed E-state index contributed by atoms with van der Waals surface area (Å²) < 4.78 is 6.77. The minimum Gasteiger partial charge on any atom is -0.455 e. The van der Waals surface area contributed by atoms with Gasteiger partial charge in [0.25, 0.3) is 0 Å². The summed E-state index contributed by atoms with van der Waals surface area (Å²) in [7, 11) is -2.65. The van der Waals surface area contributed by atoms with E-state index >= 15 is 0 Å². The average Bonchev–Trinajstić information content (AvgIpc) is 3.69. The molecular weight excluding hydrogens is 707 g/mol. The van der Waals surface area contributed by atoms with Crippen LogP contribution in [0.2, 0.25) is 0 Å². The van der Waals surface area contributed by atoms with E-state index in [4.69, 9.17) is 4.42 Å². The molecule has 2 nitrogen and oxygen atoms in total. The van der Waals surface area contributed by atoms with E-state index in [-0.39, 0.29) is 0 Å². The molecule has 0 radical (unpaired) electrons. The molecule has 0 saturated carbocycles.